The summed E-state index contributed by atoms with van der Waals surface area (Å²) in [4.78, 5) is 11.6. The topological polar surface area (TPSA) is 64.7 Å². The second-order valence-electron chi connectivity index (χ2n) is 5.80. The molecule has 0 saturated heterocycles. The van der Waals surface area contributed by atoms with Gasteiger partial charge in [-0.25, -0.2) is 4.39 Å². The van der Waals surface area contributed by atoms with Gasteiger partial charge in [-0.05, 0) is 42.9 Å². The van der Waals surface area contributed by atoms with Crippen molar-refractivity contribution >= 4 is 6.29 Å². The maximum absolute atomic E-state index is 13.2. The number of rotatable bonds is 3. The molecule has 0 amide bonds. The highest BCUT2D eigenvalue weighted by Crippen LogP contribution is 2.49. The van der Waals surface area contributed by atoms with Crippen LogP contribution in [0.25, 0.3) is 0 Å². The molecule has 1 aromatic carbocycles. The van der Waals surface area contributed by atoms with E-state index in [4.69, 9.17) is 0 Å². The van der Waals surface area contributed by atoms with Gasteiger partial charge in [-0.2, -0.15) is 10.5 Å². The van der Waals surface area contributed by atoms with Gasteiger partial charge in [0.2, 0.25) is 0 Å². The first-order chi connectivity index (χ1) is 10.6. The normalized spacial score (nSPS) is 27.0. The van der Waals surface area contributed by atoms with E-state index in [1.807, 2.05) is 0 Å². The number of carbonyl (C=O) groups excluding carboxylic acids is 1. The highest BCUT2D eigenvalue weighted by Gasteiger charge is 2.47. The molecule has 1 aliphatic rings. The highest BCUT2D eigenvalue weighted by molar-refractivity contribution is 5.58. The maximum atomic E-state index is 13.2. The summed E-state index contributed by atoms with van der Waals surface area (Å²) in [5, 5.41) is 19.4. The molecule has 0 radical (unpaired) electrons. The Hall–Kier alpha value is -2.46. The van der Waals surface area contributed by atoms with Crippen LogP contribution in [0.4, 0.5) is 4.39 Å². The predicted molar refractivity (Wildman–Crippen MR) is 79.9 cm³/mol. The van der Waals surface area contributed by atoms with Crippen molar-refractivity contribution in [1.29, 1.82) is 10.5 Å². The Morgan fingerprint density at radius 3 is 2.36 bits per heavy atom. The molecule has 0 unspecified atom stereocenters. The zero-order valence-electron chi connectivity index (χ0n) is 12.2. The lowest BCUT2D eigenvalue weighted by atomic mass is 9.66. The van der Waals surface area contributed by atoms with Gasteiger partial charge in [0.25, 0.3) is 0 Å². The minimum absolute atomic E-state index is 0.0206. The van der Waals surface area contributed by atoms with Crippen molar-refractivity contribution in [2.45, 2.75) is 25.2 Å². The number of nitriles is 2. The molecule has 0 aromatic heterocycles. The number of nitrogens with zero attached hydrogens (tertiary/aromatic N) is 2. The van der Waals surface area contributed by atoms with Gasteiger partial charge in [0.1, 0.15) is 12.1 Å². The van der Waals surface area contributed by atoms with E-state index >= 15 is 0 Å². The molecule has 3 nitrogen and oxygen atoms in total. The van der Waals surface area contributed by atoms with Gasteiger partial charge in [0.05, 0.1) is 12.1 Å². The molecule has 2 rings (SSSR count). The van der Waals surface area contributed by atoms with Crippen molar-refractivity contribution in [2.75, 3.05) is 0 Å². The molecule has 3 atom stereocenters. The summed E-state index contributed by atoms with van der Waals surface area (Å²) in [7, 11) is 0. The lowest BCUT2D eigenvalue weighted by Gasteiger charge is -2.31. The summed E-state index contributed by atoms with van der Waals surface area (Å²) < 4.78 is 13.2. The van der Waals surface area contributed by atoms with Crippen molar-refractivity contribution in [2.24, 2.45) is 17.3 Å². The molecular formula is C18H17FN2O. The van der Waals surface area contributed by atoms with Gasteiger partial charge >= 0.3 is 0 Å². The number of allylic oxidation sites excluding steroid dienone is 1. The summed E-state index contributed by atoms with van der Waals surface area (Å²) in [5.41, 5.74) is -0.648. The molecule has 1 aliphatic carbocycles. The Kier molecular flexibility index (Phi) is 4.73. The Morgan fingerprint density at radius 1 is 1.23 bits per heavy atom. The molecule has 0 spiro atoms. The van der Waals surface area contributed by atoms with E-state index in [1.165, 1.54) is 12.1 Å². The second-order valence-corrected chi connectivity index (χ2v) is 5.80. The lowest BCUT2D eigenvalue weighted by Crippen LogP contribution is -2.31. The Bertz CT molecular complexity index is 625. The number of halogens is 1. The summed E-state index contributed by atoms with van der Waals surface area (Å²) in [5.74, 6) is -1.35. The van der Waals surface area contributed by atoms with Crippen LogP contribution < -0.4 is 0 Å². The molecular weight excluding hydrogens is 279 g/mol. The first-order valence-corrected chi connectivity index (χ1v) is 7.26. The Balaban J connectivity index is 2.58. The summed E-state index contributed by atoms with van der Waals surface area (Å²) in [6.45, 7) is 3.76. The molecule has 112 valence electrons. The molecule has 1 aromatic rings. The van der Waals surface area contributed by atoms with E-state index in [2.05, 4.69) is 18.7 Å². The van der Waals surface area contributed by atoms with Crippen molar-refractivity contribution in [1.82, 2.24) is 0 Å². The fraction of sp³-hybridized carbons (Fsp3) is 0.389. The minimum atomic E-state index is -1.31. The van der Waals surface area contributed by atoms with Gasteiger partial charge < -0.3 is 4.79 Å². The average Bonchev–Trinajstić information content (AvgIpc) is 2.72. The van der Waals surface area contributed by atoms with Crippen LogP contribution in [0.3, 0.4) is 0 Å². The van der Waals surface area contributed by atoms with E-state index in [-0.39, 0.29) is 11.7 Å². The summed E-state index contributed by atoms with van der Waals surface area (Å²) in [6, 6.07) is 10.00. The van der Waals surface area contributed by atoms with Gasteiger partial charge in [0.15, 0.2) is 5.41 Å². The van der Waals surface area contributed by atoms with E-state index in [0.29, 0.717) is 18.4 Å². The SMILES string of the molecule is C=C[C@@H]1CC[C@H](C=O)[C@@H](c2ccc(F)cc2)C(C#N)(C#N)C1. The maximum Gasteiger partial charge on any atom is 0.151 e. The highest BCUT2D eigenvalue weighted by atomic mass is 19.1. The molecule has 1 saturated carbocycles. The van der Waals surface area contributed by atoms with Crippen molar-refractivity contribution < 1.29 is 9.18 Å². The van der Waals surface area contributed by atoms with Gasteiger partial charge in [-0.3, -0.25) is 0 Å². The molecule has 0 N–H and O–H groups in total. The van der Waals surface area contributed by atoms with Crippen LogP contribution in [0, 0.1) is 45.7 Å². The van der Waals surface area contributed by atoms with E-state index in [1.54, 1.807) is 18.2 Å². The predicted octanol–water partition coefficient (Wildman–Crippen LogP) is 3.74. The second kappa shape index (κ2) is 6.54. The molecule has 0 aliphatic heterocycles. The summed E-state index contributed by atoms with van der Waals surface area (Å²) in [6.07, 6.45) is 4.22. The van der Waals surface area contributed by atoms with E-state index in [0.717, 1.165) is 12.7 Å². The fourth-order valence-corrected chi connectivity index (χ4v) is 3.39. The molecule has 22 heavy (non-hydrogen) atoms. The molecule has 4 heteroatoms. The number of benzene rings is 1. The molecule has 0 heterocycles. The largest absolute Gasteiger partial charge is 0.303 e. The number of hydrogen-bond donors (Lipinski definition) is 0. The first-order valence-electron chi connectivity index (χ1n) is 7.26. The third kappa shape index (κ3) is 2.78. The zero-order valence-corrected chi connectivity index (χ0v) is 12.2. The van der Waals surface area contributed by atoms with Crippen molar-refractivity contribution in [3.8, 4) is 12.1 Å². The number of aldehydes is 1. The van der Waals surface area contributed by atoms with Crippen molar-refractivity contribution in [3.63, 3.8) is 0 Å². The van der Waals surface area contributed by atoms with Crippen LogP contribution in [-0.2, 0) is 4.79 Å². The molecule has 1 fully saturated rings. The minimum Gasteiger partial charge on any atom is -0.303 e. The van der Waals surface area contributed by atoms with Crippen LogP contribution in [-0.4, -0.2) is 6.29 Å². The Morgan fingerprint density at radius 2 is 1.86 bits per heavy atom. The first kappa shape index (κ1) is 15.9. The van der Waals surface area contributed by atoms with Gasteiger partial charge in [0, 0.05) is 11.8 Å². The monoisotopic (exact) mass is 296 g/mol. The lowest BCUT2D eigenvalue weighted by molar-refractivity contribution is -0.112. The average molecular weight is 296 g/mol. The number of hydrogen-bond acceptors (Lipinski definition) is 3. The third-order valence-corrected chi connectivity index (χ3v) is 4.55. The summed E-state index contributed by atoms with van der Waals surface area (Å²) >= 11 is 0. The number of carbonyl (C=O) groups is 1. The van der Waals surface area contributed by atoms with Crippen LogP contribution in [0.5, 0.6) is 0 Å². The third-order valence-electron chi connectivity index (χ3n) is 4.55. The van der Waals surface area contributed by atoms with Gasteiger partial charge in [-0.15, -0.1) is 6.58 Å². The quantitative estimate of drug-likeness (QED) is 0.485. The smallest absolute Gasteiger partial charge is 0.151 e. The Labute approximate surface area is 129 Å². The van der Waals surface area contributed by atoms with Crippen LogP contribution >= 0.6 is 0 Å². The van der Waals surface area contributed by atoms with Crippen LogP contribution in [0.1, 0.15) is 30.7 Å². The van der Waals surface area contributed by atoms with E-state index < -0.39 is 17.3 Å². The van der Waals surface area contributed by atoms with E-state index in [9.17, 15) is 19.7 Å². The fourth-order valence-electron chi connectivity index (χ4n) is 3.39. The zero-order chi connectivity index (χ0) is 16.2. The van der Waals surface area contributed by atoms with Gasteiger partial charge in [-0.1, -0.05) is 18.2 Å². The standard InChI is InChI=1S/C18H17FN2O/c1-2-13-3-4-15(10-22)17(18(9-13,11-20)12-21)14-5-7-16(19)8-6-14/h2,5-8,10,13,15,17H,1,3-4,9H2/t13-,15-,17-/m1/s1. The molecule has 0 bridgehead atoms. The van der Waals surface area contributed by atoms with Crippen LogP contribution in [0.15, 0.2) is 36.9 Å². The van der Waals surface area contributed by atoms with Crippen LogP contribution in [0.2, 0.25) is 0 Å². The van der Waals surface area contributed by atoms with Crippen molar-refractivity contribution in [3.05, 3.63) is 48.3 Å².